The second-order valence-corrected chi connectivity index (χ2v) is 5.98. The molecule has 1 unspecified atom stereocenters. The topological polar surface area (TPSA) is 46.9 Å². The molecule has 0 saturated carbocycles. The summed E-state index contributed by atoms with van der Waals surface area (Å²) in [6.45, 7) is 8.33. The lowest BCUT2D eigenvalue weighted by atomic mass is 9.87. The standard InChI is InChI=1S/C16H21N3O/c1-12(19-11-5-10-17-19)15(20)18-14-8-6-13(7-9-14)16(2,3)4/h5-12H,1-4H3,(H,18,20). The number of rotatable bonds is 3. The number of anilines is 1. The van der Waals surface area contributed by atoms with Crippen LogP contribution in [0.4, 0.5) is 5.69 Å². The van der Waals surface area contributed by atoms with Gasteiger partial charge in [0, 0.05) is 18.1 Å². The summed E-state index contributed by atoms with van der Waals surface area (Å²) in [4.78, 5) is 12.1. The van der Waals surface area contributed by atoms with Gasteiger partial charge in [0.05, 0.1) is 0 Å². The van der Waals surface area contributed by atoms with Crippen LogP contribution in [0.25, 0.3) is 0 Å². The van der Waals surface area contributed by atoms with Crippen molar-refractivity contribution in [3.05, 3.63) is 48.3 Å². The molecule has 0 aliphatic rings. The molecule has 0 spiro atoms. The van der Waals surface area contributed by atoms with Crippen LogP contribution < -0.4 is 5.32 Å². The highest BCUT2D eigenvalue weighted by Crippen LogP contribution is 2.23. The van der Waals surface area contributed by atoms with Gasteiger partial charge in [-0.3, -0.25) is 9.48 Å². The fourth-order valence-electron chi connectivity index (χ4n) is 1.93. The minimum Gasteiger partial charge on any atom is -0.324 e. The van der Waals surface area contributed by atoms with E-state index in [0.717, 1.165) is 5.69 Å². The van der Waals surface area contributed by atoms with Gasteiger partial charge in [0.2, 0.25) is 5.91 Å². The van der Waals surface area contributed by atoms with Crippen LogP contribution in [0, 0.1) is 0 Å². The summed E-state index contributed by atoms with van der Waals surface area (Å²) in [5.41, 5.74) is 2.17. The number of hydrogen-bond acceptors (Lipinski definition) is 2. The number of carbonyl (C=O) groups is 1. The average molecular weight is 271 g/mol. The van der Waals surface area contributed by atoms with E-state index in [1.807, 2.05) is 37.3 Å². The van der Waals surface area contributed by atoms with Gasteiger partial charge in [-0.05, 0) is 36.1 Å². The number of aromatic nitrogens is 2. The van der Waals surface area contributed by atoms with Gasteiger partial charge in [0.25, 0.3) is 0 Å². The Balaban J connectivity index is 2.05. The maximum atomic E-state index is 12.1. The smallest absolute Gasteiger partial charge is 0.248 e. The van der Waals surface area contributed by atoms with Crippen molar-refractivity contribution in [1.82, 2.24) is 9.78 Å². The summed E-state index contributed by atoms with van der Waals surface area (Å²) < 4.78 is 1.64. The molecule has 0 radical (unpaired) electrons. The van der Waals surface area contributed by atoms with E-state index in [1.165, 1.54) is 5.56 Å². The molecular weight excluding hydrogens is 250 g/mol. The van der Waals surface area contributed by atoms with E-state index in [-0.39, 0.29) is 17.4 Å². The lowest BCUT2D eigenvalue weighted by Gasteiger charge is -2.19. The molecule has 1 aromatic heterocycles. The minimum absolute atomic E-state index is 0.0720. The fourth-order valence-corrected chi connectivity index (χ4v) is 1.93. The van der Waals surface area contributed by atoms with Crippen molar-refractivity contribution in [2.24, 2.45) is 0 Å². The number of hydrogen-bond donors (Lipinski definition) is 1. The van der Waals surface area contributed by atoms with Crippen LogP contribution in [0.2, 0.25) is 0 Å². The van der Waals surface area contributed by atoms with Crippen molar-refractivity contribution in [1.29, 1.82) is 0 Å². The van der Waals surface area contributed by atoms with Crippen molar-refractivity contribution in [3.8, 4) is 0 Å². The second-order valence-electron chi connectivity index (χ2n) is 5.98. The summed E-state index contributed by atoms with van der Waals surface area (Å²) in [5.74, 6) is -0.0720. The van der Waals surface area contributed by atoms with Gasteiger partial charge in [0.15, 0.2) is 0 Å². The van der Waals surface area contributed by atoms with Crippen molar-refractivity contribution in [2.75, 3.05) is 5.32 Å². The molecule has 0 aliphatic heterocycles. The van der Waals surface area contributed by atoms with Gasteiger partial charge < -0.3 is 5.32 Å². The Morgan fingerprint density at radius 2 is 1.90 bits per heavy atom. The molecule has 2 aromatic rings. The van der Waals surface area contributed by atoms with Crippen LogP contribution in [-0.2, 0) is 10.2 Å². The summed E-state index contributed by atoms with van der Waals surface area (Å²) in [6.07, 6.45) is 3.45. The van der Waals surface area contributed by atoms with Gasteiger partial charge in [-0.25, -0.2) is 0 Å². The summed E-state index contributed by atoms with van der Waals surface area (Å²) in [6, 6.07) is 9.46. The first kappa shape index (κ1) is 14.3. The fraction of sp³-hybridized carbons (Fsp3) is 0.375. The molecule has 1 heterocycles. The van der Waals surface area contributed by atoms with Crippen molar-refractivity contribution >= 4 is 11.6 Å². The van der Waals surface area contributed by atoms with E-state index in [9.17, 15) is 4.79 Å². The lowest BCUT2D eigenvalue weighted by Crippen LogP contribution is -2.24. The Kier molecular flexibility index (Phi) is 3.93. The Hall–Kier alpha value is -2.10. The molecule has 4 nitrogen and oxygen atoms in total. The normalized spacial score (nSPS) is 13.0. The Morgan fingerprint density at radius 3 is 2.40 bits per heavy atom. The zero-order valence-electron chi connectivity index (χ0n) is 12.4. The molecule has 1 amide bonds. The SMILES string of the molecule is CC(C(=O)Nc1ccc(C(C)(C)C)cc1)n1cccn1. The Bertz CT molecular complexity index is 565. The summed E-state index contributed by atoms with van der Waals surface area (Å²) >= 11 is 0. The van der Waals surface area contributed by atoms with Crippen molar-refractivity contribution in [3.63, 3.8) is 0 Å². The molecule has 2 rings (SSSR count). The molecule has 0 saturated heterocycles. The van der Waals surface area contributed by atoms with Crippen LogP contribution >= 0.6 is 0 Å². The summed E-state index contributed by atoms with van der Waals surface area (Å²) in [7, 11) is 0. The number of amides is 1. The zero-order valence-corrected chi connectivity index (χ0v) is 12.4. The van der Waals surface area contributed by atoms with Gasteiger partial charge >= 0.3 is 0 Å². The molecule has 4 heteroatoms. The Morgan fingerprint density at radius 1 is 1.25 bits per heavy atom. The second kappa shape index (κ2) is 5.49. The van der Waals surface area contributed by atoms with Gasteiger partial charge in [0.1, 0.15) is 6.04 Å². The van der Waals surface area contributed by atoms with Crippen LogP contribution in [-0.4, -0.2) is 15.7 Å². The molecule has 0 fully saturated rings. The molecule has 106 valence electrons. The van der Waals surface area contributed by atoms with Crippen LogP contribution in [0.1, 0.15) is 39.3 Å². The monoisotopic (exact) mass is 271 g/mol. The molecular formula is C16H21N3O. The molecule has 1 N–H and O–H groups in total. The predicted molar refractivity (Wildman–Crippen MR) is 80.7 cm³/mol. The van der Waals surface area contributed by atoms with E-state index in [0.29, 0.717) is 0 Å². The van der Waals surface area contributed by atoms with Crippen molar-refractivity contribution < 1.29 is 4.79 Å². The highest BCUT2D eigenvalue weighted by atomic mass is 16.2. The van der Waals surface area contributed by atoms with E-state index in [2.05, 4.69) is 31.2 Å². The molecule has 20 heavy (non-hydrogen) atoms. The predicted octanol–water partition coefficient (Wildman–Crippen LogP) is 3.38. The van der Waals surface area contributed by atoms with Crippen LogP contribution in [0.15, 0.2) is 42.7 Å². The highest BCUT2D eigenvalue weighted by molar-refractivity contribution is 5.93. The molecule has 1 aromatic carbocycles. The first-order valence-electron chi connectivity index (χ1n) is 6.78. The maximum Gasteiger partial charge on any atom is 0.248 e. The zero-order chi connectivity index (χ0) is 14.8. The number of benzene rings is 1. The first-order chi connectivity index (χ1) is 9.38. The quantitative estimate of drug-likeness (QED) is 0.930. The van der Waals surface area contributed by atoms with Gasteiger partial charge in [-0.2, -0.15) is 5.10 Å². The third kappa shape index (κ3) is 3.26. The van der Waals surface area contributed by atoms with Crippen molar-refractivity contribution in [2.45, 2.75) is 39.2 Å². The molecule has 0 bridgehead atoms. The average Bonchev–Trinajstić information content (AvgIpc) is 2.91. The molecule has 1 atom stereocenters. The van der Waals surface area contributed by atoms with E-state index in [1.54, 1.807) is 17.1 Å². The first-order valence-corrected chi connectivity index (χ1v) is 6.78. The minimum atomic E-state index is -0.327. The summed E-state index contributed by atoms with van der Waals surface area (Å²) in [5, 5.41) is 6.99. The van der Waals surface area contributed by atoms with E-state index >= 15 is 0 Å². The highest BCUT2D eigenvalue weighted by Gasteiger charge is 2.16. The number of carbonyl (C=O) groups excluding carboxylic acids is 1. The molecule has 0 aliphatic carbocycles. The van der Waals surface area contributed by atoms with E-state index in [4.69, 9.17) is 0 Å². The maximum absolute atomic E-state index is 12.1. The van der Waals surface area contributed by atoms with Crippen LogP contribution in [0.3, 0.4) is 0 Å². The third-order valence-electron chi connectivity index (χ3n) is 3.32. The van der Waals surface area contributed by atoms with Crippen LogP contribution in [0.5, 0.6) is 0 Å². The largest absolute Gasteiger partial charge is 0.324 e. The van der Waals surface area contributed by atoms with E-state index < -0.39 is 0 Å². The van der Waals surface area contributed by atoms with Gasteiger partial charge in [-0.1, -0.05) is 32.9 Å². The Labute approximate surface area is 119 Å². The lowest BCUT2D eigenvalue weighted by molar-refractivity contribution is -0.119. The number of nitrogens with one attached hydrogen (secondary N) is 1. The third-order valence-corrected chi connectivity index (χ3v) is 3.32. The van der Waals surface area contributed by atoms with Gasteiger partial charge in [-0.15, -0.1) is 0 Å². The number of nitrogens with zero attached hydrogens (tertiary/aromatic N) is 2.